The fraction of sp³-hybridized carbons (Fsp3) is 0.375. The van der Waals surface area contributed by atoms with Crippen molar-refractivity contribution in [1.82, 2.24) is 9.97 Å². The third-order valence-corrected chi connectivity index (χ3v) is 3.68. The van der Waals surface area contributed by atoms with E-state index < -0.39 is 0 Å². The van der Waals surface area contributed by atoms with Gasteiger partial charge >= 0.3 is 0 Å². The zero-order chi connectivity index (χ0) is 15.6. The third-order valence-electron chi connectivity index (χ3n) is 3.15. The minimum atomic E-state index is -0.132. The van der Waals surface area contributed by atoms with Crippen molar-refractivity contribution in [2.45, 2.75) is 39.2 Å². The lowest BCUT2D eigenvalue weighted by molar-refractivity contribution is 0.546. The van der Waals surface area contributed by atoms with E-state index in [-0.39, 0.29) is 11.5 Å². The first-order valence-electron chi connectivity index (χ1n) is 6.93. The number of anilines is 2. The quantitative estimate of drug-likeness (QED) is 0.868. The maximum absolute atomic E-state index is 5.89. The van der Waals surface area contributed by atoms with Crippen LogP contribution >= 0.6 is 15.9 Å². The van der Waals surface area contributed by atoms with Crippen molar-refractivity contribution in [2.24, 2.45) is 0 Å². The van der Waals surface area contributed by atoms with Crippen molar-refractivity contribution < 1.29 is 0 Å². The highest BCUT2D eigenvalue weighted by atomic mass is 79.9. The van der Waals surface area contributed by atoms with Crippen molar-refractivity contribution in [1.29, 1.82) is 0 Å². The number of benzene rings is 1. The minimum absolute atomic E-state index is 0.132. The Kier molecular flexibility index (Phi) is 4.52. The van der Waals surface area contributed by atoms with Crippen molar-refractivity contribution in [2.75, 3.05) is 11.1 Å². The molecule has 0 saturated carbocycles. The molecule has 2 rings (SSSR count). The summed E-state index contributed by atoms with van der Waals surface area (Å²) in [5.74, 6) is 1.98. The molecule has 3 N–H and O–H groups in total. The number of hydrogen-bond acceptors (Lipinski definition) is 4. The van der Waals surface area contributed by atoms with Crippen LogP contribution in [0.2, 0.25) is 0 Å². The van der Waals surface area contributed by atoms with Gasteiger partial charge in [0.05, 0.1) is 0 Å². The molecule has 1 unspecified atom stereocenters. The van der Waals surface area contributed by atoms with E-state index in [2.05, 4.69) is 71.0 Å². The van der Waals surface area contributed by atoms with Crippen LogP contribution in [0.1, 0.15) is 45.1 Å². The lowest BCUT2D eigenvalue weighted by Gasteiger charge is -2.20. The predicted octanol–water partition coefficient (Wildman–Crippen LogP) is 4.29. The zero-order valence-corrected chi connectivity index (χ0v) is 14.4. The summed E-state index contributed by atoms with van der Waals surface area (Å²) in [5, 5.41) is 3.38. The molecule has 1 heterocycles. The van der Waals surface area contributed by atoms with E-state index in [0.717, 1.165) is 16.1 Å². The molecule has 0 spiro atoms. The number of halogens is 1. The van der Waals surface area contributed by atoms with Crippen LogP contribution in [0.4, 0.5) is 11.6 Å². The van der Waals surface area contributed by atoms with E-state index in [1.807, 2.05) is 12.1 Å². The molecule has 1 aromatic carbocycles. The molecule has 0 amide bonds. The average molecular weight is 349 g/mol. The Balaban J connectivity index is 2.23. The Hall–Kier alpha value is -1.62. The summed E-state index contributed by atoms with van der Waals surface area (Å²) in [6.45, 7) is 8.31. The maximum Gasteiger partial charge on any atom is 0.138 e. The Bertz CT molecular complexity index is 617. The van der Waals surface area contributed by atoms with E-state index >= 15 is 0 Å². The first-order chi connectivity index (χ1) is 9.75. The first-order valence-corrected chi connectivity index (χ1v) is 7.72. The summed E-state index contributed by atoms with van der Waals surface area (Å²) in [7, 11) is 0. The minimum Gasteiger partial charge on any atom is -0.384 e. The molecule has 21 heavy (non-hydrogen) atoms. The number of nitrogens with two attached hydrogens (primary N) is 1. The molecular formula is C16H21BrN4. The SMILES string of the molecule is CC(Nc1cc(N)nc(C(C)(C)C)n1)c1ccc(Br)cc1. The normalized spacial score (nSPS) is 13.0. The van der Waals surface area contributed by atoms with Crippen molar-refractivity contribution in [3.05, 3.63) is 46.2 Å². The van der Waals surface area contributed by atoms with Gasteiger partial charge in [0.15, 0.2) is 0 Å². The average Bonchev–Trinajstić information content (AvgIpc) is 2.37. The number of nitrogens with zero attached hydrogens (tertiary/aromatic N) is 2. The van der Waals surface area contributed by atoms with Crippen LogP contribution in [0.3, 0.4) is 0 Å². The van der Waals surface area contributed by atoms with Crippen LogP contribution in [-0.4, -0.2) is 9.97 Å². The van der Waals surface area contributed by atoms with Gasteiger partial charge < -0.3 is 11.1 Å². The van der Waals surface area contributed by atoms with E-state index in [1.165, 1.54) is 5.56 Å². The molecule has 0 aliphatic heterocycles. The van der Waals surface area contributed by atoms with Crippen LogP contribution in [0.25, 0.3) is 0 Å². The lowest BCUT2D eigenvalue weighted by atomic mass is 9.96. The van der Waals surface area contributed by atoms with Crippen LogP contribution in [0, 0.1) is 0 Å². The molecule has 0 aliphatic rings. The molecule has 0 radical (unpaired) electrons. The number of nitrogen functional groups attached to an aromatic ring is 1. The highest BCUT2D eigenvalue weighted by Gasteiger charge is 2.19. The van der Waals surface area contributed by atoms with Gasteiger partial charge in [0, 0.05) is 22.0 Å². The molecule has 112 valence electrons. The first kappa shape index (κ1) is 15.8. The van der Waals surface area contributed by atoms with Crippen LogP contribution in [-0.2, 0) is 5.41 Å². The lowest BCUT2D eigenvalue weighted by Crippen LogP contribution is -2.19. The second kappa shape index (κ2) is 6.02. The summed E-state index contributed by atoms with van der Waals surface area (Å²) in [5.41, 5.74) is 6.95. The van der Waals surface area contributed by atoms with E-state index in [4.69, 9.17) is 5.73 Å². The van der Waals surface area contributed by atoms with Crippen molar-refractivity contribution in [3.8, 4) is 0 Å². The van der Waals surface area contributed by atoms with Gasteiger partial charge in [0.25, 0.3) is 0 Å². The van der Waals surface area contributed by atoms with Crippen molar-refractivity contribution >= 4 is 27.6 Å². The van der Waals surface area contributed by atoms with Gasteiger partial charge in [0.1, 0.15) is 17.5 Å². The second-order valence-electron chi connectivity index (χ2n) is 6.17. The summed E-state index contributed by atoms with van der Waals surface area (Å²) in [6, 6.07) is 10.1. The molecule has 1 aromatic heterocycles. The maximum atomic E-state index is 5.89. The smallest absolute Gasteiger partial charge is 0.138 e. The number of nitrogens with one attached hydrogen (secondary N) is 1. The topological polar surface area (TPSA) is 63.8 Å². The predicted molar refractivity (Wildman–Crippen MR) is 91.3 cm³/mol. The fourth-order valence-corrected chi connectivity index (χ4v) is 2.20. The Labute approximate surface area is 134 Å². The number of hydrogen-bond donors (Lipinski definition) is 2. The van der Waals surface area contributed by atoms with Gasteiger partial charge in [-0.3, -0.25) is 0 Å². The Morgan fingerprint density at radius 3 is 2.33 bits per heavy atom. The summed E-state index contributed by atoms with van der Waals surface area (Å²) >= 11 is 3.44. The summed E-state index contributed by atoms with van der Waals surface area (Å²) in [6.07, 6.45) is 0. The molecule has 1 atom stereocenters. The van der Waals surface area contributed by atoms with Gasteiger partial charge in [-0.25, -0.2) is 9.97 Å². The van der Waals surface area contributed by atoms with E-state index in [0.29, 0.717) is 5.82 Å². The highest BCUT2D eigenvalue weighted by molar-refractivity contribution is 9.10. The standard InChI is InChI=1S/C16H21BrN4/c1-10(11-5-7-12(17)8-6-11)19-14-9-13(18)20-15(21-14)16(2,3)4/h5-10H,1-4H3,(H3,18,19,20,21). The van der Waals surface area contributed by atoms with Gasteiger partial charge in [-0.05, 0) is 24.6 Å². The molecule has 0 bridgehead atoms. The van der Waals surface area contributed by atoms with Gasteiger partial charge in [-0.1, -0.05) is 48.8 Å². The highest BCUT2D eigenvalue weighted by Crippen LogP contribution is 2.24. The molecule has 2 aromatic rings. The molecule has 5 heteroatoms. The van der Waals surface area contributed by atoms with Gasteiger partial charge in [-0.2, -0.15) is 0 Å². The molecule has 0 aliphatic carbocycles. The third kappa shape index (κ3) is 4.17. The fourth-order valence-electron chi connectivity index (χ4n) is 1.93. The summed E-state index contributed by atoms with van der Waals surface area (Å²) in [4.78, 5) is 8.89. The van der Waals surface area contributed by atoms with E-state index in [9.17, 15) is 0 Å². The molecule has 0 fully saturated rings. The van der Waals surface area contributed by atoms with E-state index in [1.54, 1.807) is 6.07 Å². The monoisotopic (exact) mass is 348 g/mol. The Morgan fingerprint density at radius 1 is 1.14 bits per heavy atom. The van der Waals surface area contributed by atoms with Crippen LogP contribution in [0.5, 0.6) is 0 Å². The largest absolute Gasteiger partial charge is 0.384 e. The van der Waals surface area contributed by atoms with Gasteiger partial charge in [0.2, 0.25) is 0 Å². The number of aromatic nitrogens is 2. The van der Waals surface area contributed by atoms with Crippen LogP contribution in [0.15, 0.2) is 34.8 Å². The van der Waals surface area contributed by atoms with Gasteiger partial charge in [-0.15, -0.1) is 0 Å². The molecular weight excluding hydrogens is 328 g/mol. The zero-order valence-electron chi connectivity index (χ0n) is 12.8. The van der Waals surface area contributed by atoms with Crippen LogP contribution < -0.4 is 11.1 Å². The number of rotatable bonds is 3. The summed E-state index contributed by atoms with van der Waals surface area (Å²) < 4.78 is 1.07. The molecule has 4 nitrogen and oxygen atoms in total. The van der Waals surface area contributed by atoms with Crippen molar-refractivity contribution in [3.63, 3.8) is 0 Å². The second-order valence-corrected chi connectivity index (χ2v) is 7.08. The Morgan fingerprint density at radius 2 is 1.76 bits per heavy atom. The molecule has 0 saturated heterocycles.